The number of nitrogens with one attached hydrogen (secondary N) is 2. The number of ketones is 1. The molecule has 0 aromatic heterocycles. The molecule has 0 radical (unpaired) electrons. The molecular weight excluding hydrogens is 192 g/mol. The Labute approximate surface area is 90.8 Å². The highest BCUT2D eigenvalue weighted by Crippen LogP contribution is 2.29. The lowest BCUT2D eigenvalue weighted by Crippen LogP contribution is -2.38. The summed E-state index contributed by atoms with van der Waals surface area (Å²) in [6, 6.07) is 0. The summed E-state index contributed by atoms with van der Waals surface area (Å²) in [7, 11) is 1.80. The van der Waals surface area contributed by atoms with Crippen molar-refractivity contribution >= 4 is 11.7 Å². The molecule has 0 heterocycles. The molecule has 1 saturated carbocycles. The molecule has 0 spiro atoms. The number of Topliss-reactive ketones (excluding diaryl/α,β-unsaturated/α-hetero) is 1. The third-order valence-corrected chi connectivity index (χ3v) is 3.11. The molecule has 15 heavy (non-hydrogen) atoms. The molecule has 1 rings (SSSR count). The van der Waals surface area contributed by atoms with Crippen molar-refractivity contribution in [1.82, 2.24) is 10.6 Å². The van der Waals surface area contributed by atoms with Crippen molar-refractivity contribution < 1.29 is 9.59 Å². The van der Waals surface area contributed by atoms with Gasteiger partial charge in [-0.25, -0.2) is 0 Å². The van der Waals surface area contributed by atoms with Gasteiger partial charge < -0.3 is 10.6 Å². The highest BCUT2D eigenvalue weighted by molar-refractivity contribution is 5.80. The van der Waals surface area contributed by atoms with Crippen LogP contribution in [0.25, 0.3) is 0 Å². The average Bonchev–Trinajstić information content (AvgIpc) is 2.26. The molecule has 1 amide bonds. The Morgan fingerprint density at radius 2 is 1.67 bits per heavy atom. The molecule has 0 aromatic rings. The van der Waals surface area contributed by atoms with E-state index in [1.807, 2.05) is 0 Å². The fourth-order valence-electron chi connectivity index (χ4n) is 2.08. The van der Waals surface area contributed by atoms with Gasteiger partial charge in [-0.05, 0) is 39.7 Å². The van der Waals surface area contributed by atoms with Gasteiger partial charge in [-0.3, -0.25) is 9.59 Å². The van der Waals surface area contributed by atoms with Crippen LogP contribution < -0.4 is 10.6 Å². The summed E-state index contributed by atoms with van der Waals surface area (Å²) < 4.78 is 0. The lowest BCUT2D eigenvalue weighted by molar-refractivity contribution is -0.128. The van der Waals surface area contributed by atoms with E-state index in [-0.39, 0.29) is 23.5 Å². The largest absolute Gasteiger partial charge is 0.343 e. The Bertz CT molecular complexity index is 233. The maximum atomic E-state index is 11.6. The van der Waals surface area contributed by atoms with Crippen molar-refractivity contribution in [2.75, 3.05) is 13.7 Å². The molecule has 0 aliphatic heterocycles. The van der Waals surface area contributed by atoms with E-state index in [0.29, 0.717) is 6.67 Å². The smallest absolute Gasteiger partial charge is 0.224 e. The predicted octanol–water partition coefficient (Wildman–Crippen LogP) is 0.675. The van der Waals surface area contributed by atoms with Crippen molar-refractivity contribution in [3.63, 3.8) is 0 Å². The zero-order chi connectivity index (χ0) is 11.3. The quantitative estimate of drug-likeness (QED) is 0.674. The van der Waals surface area contributed by atoms with E-state index in [0.717, 1.165) is 25.7 Å². The summed E-state index contributed by atoms with van der Waals surface area (Å²) in [5.74, 6) is 0.683. The van der Waals surface area contributed by atoms with Gasteiger partial charge in [-0.15, -0.1) is 0 Å². The van der Waals surface area contributed by atoms with E-state index in [1.54, 1.807) is 14.0 Å². The normalized spacial score (nSPS) is 26.0. The summed E-state index contributed by atoms with van der Waals surface area (Å²) in [6.07, 6.45) is 3.43. The summed E-state index contributed by atoms with van der Waals surface area (Å²) in [6.45, 7) is 2.16. The van der Waals surface area contributed by atoms with Gasteiger partial charge in [-0.1, -0.05) is 0 Å². The third-order valence-electron chi connectivity index (χ3n) is 3.11. The summed E-state index contributed by atoms with van der Waals surface area (Å²) in [5.41, 5.74) is 0. The van der Waals surface area contributed by atoms with Gasteiger partial charge in [0.1, 0.15) is 5.78 Å². The Balaban J connectivity index is 2.30. The van der Waals surface area contributed by atoms with E-state index in [9.17, 15) is 9.59 Å². The van der Waals surface area contributed by atoms with Crippen LogP contribution >= 0.6 is 0 Å². The Morgan fingerprint density at radius 1 is 1.13 bits per heavy atom. The van der Waals surface area contributed by atoms with E-state index in [1.165, 1.54) is 0 Å². The first-order valence-electron chi connectivity index (χ1n) is 5.58. The maximum Gasteiger partial charge on any atom is 0.224 e. The van der Waals surface area contributed by atoms with Crippen LogP contribution in [0.4, 0.5) is 0 Å². The first-order chi connectivity index (χ1) is 7.15. The second-order valence-corrected chi connectivity index (χ2v) is 4.23. The molecule has 0 unspecified atom stereocenters. The van der Waals surface area contributed by atoms with E-state index in [4.69, 9.17) is 0 Å². The summed E-state index contributed by atoms with van der Waals surface area (Å²) in [4.78, 5) is 22.7. The number of hydrogen-bond acceptors (Lipinski definition) is 3. The second kappa shape index (κ2) is 5.85. The number of carbonyl (C=O) groups is 2. The van der Waals surface area contributed by atoms with Crippen LogP contribution in [0.15, 0.2) is 0 Å². The van der Waals surface area contributed by atoms with E-state index < -0.39 is 0 Å². The van der Waals surface area contributed by atoms with Crippen molar-refractivity contribution in [3.8, 4) is 0 Å². The van der Waals surface area contributed by atoms with Gasteiger partial charge in [0.05, 0.1) is 6.67 Å². The van der Waals surface area contributed by atoms with Crippen LogP contribution in [-0.4, -0.2) is 25.4 Å². The summed E-state index contributed by atoms with van der Waals surface area (Å²) in [5, 5.41) is 5.69. The molecule has 86 valence electrons. The molecule has 1 aliphatic carbocycles. The Kier molecular flexibility index (Phi) is 4.75. The van der Waals surface area contributed by atoms with E-state index >= 15 is 0 Å². The highest BCUT2D eigenvalue weighted by atomic mass is 16.2. The van der Waals surface area contributed by atoms with Crippen molar-refractivity contribution in [1.29, 1.82) is 0 Å². The Hall–Kier alpha value is -0.900. The predicted molar refractivity (Wildman–Crippen MR) is 58.2 cm³/mol. The number of hydrogen-bond donors (Lipinski definition) is 2. The molecular formula is C11H20N2O2. The fraction of sp³-hybridized carbons (Fsp3) is 0.818. The first kappa shape index (κ1) is 12.2. The molecule has 4 nitrogen and oxygen atoms in total. The maximum absolute atomic E-state index is 11.6. The van der Waals surface area contributed by atoms with Crippen LogP contribution in [0.5, 0.6) is 0 Å². The second-order valence-electron chi connectivity index (χ2n) is 4.23. The topological polar surface area (TPSA) is 58.2 Å². The SMILES string of the molecule is CNCNC(=O)C1CCC(C(C)=O)CC1. The van der Waals surface area contributed by atoms with Gasteiger partial charge in [0.25, 0.3) is 0 Å². The number of amides is 1. The molecule has 2 N–H and O–H groups in total. The lowest BCUT2D eigenvalue weighted by atomic mass is 9.80. The average molecular weight is 212 g/mol. The van der Waals surface area contributed by atoms with Crippen molar-refractivity contribution in [2.45, 2.75) is 32.6 Å². The van der Waals surface area contributed by atoms with Gasteiger partial charge >= 0.3 is 0 Å². The lowest BCUT2D eigenvalue weighted by Gasteiger charge is -2.26. The minimum Gasteiger partial charge on any atom is -0.343 e. The van der Waals surface area contributed by atoms with Crippen LogP contribution in [-0.2, 0) is 9.59 Å². The van der Waals surface area contributed by atoms with Crippen LogP contribution in [0.3, 0.4) is 0 Å². The molecule has 0 atom stereocenters. The van der Waals surface area contributed by atoms with Crippen LogP contribution in [0.1, 0.15) is 32.6 Å². The molecule has 0 saturated heterocycles. The zero-order valence-corrected chi connectivity index (χ0v) is 9.51. The zero-order valence-electron chi connectivity index (χ0n) is 9.51. The molecule has 1 fully saturated rings. The third kappa shape index (κ3) is 3.63. The highest BCUT2D eigenvalue weighted by Gasteiger charge is 2.27. The molecule has 4 heteroatoms. The number of carbonyl (C=O) groups excluding carboxylic acids is 2. The monoisotopic (exact) mass is 212 g/mol. The van der Waals surface area contributed by atoms with Crippen LogP contribution in [0.2, 0.25) is 0 Å². The first-order valence-corrected chi connectivity index (χ1v) is 5.58. The van der Waals surface area contributed by atoms with E-state index in [2.05, 4.69) is 10.6 Å². The fourth-order valence-corrected chi connectivity index (χ4v) is 2.08. The minimum atomic E-state index is 0.106. The minimum absolute atomic E-state index is 0.106. The number of rotatable bonds is 4. The summed E-state index contributed by atoms with van der Waals surface area (Å²) >= 11 is 0. The molecule has 1 aliphatic rings. The van der Waals surface area contributed by atoms with Gasteiger partial charge in [-0.2, -0.15) is 0 Å². The van der Waals surface area contributed by atoms with Crippen LogP contribution in [0, 0.1) is 11.8 Å². The van der Waals surface area contributed by atoms with Crippen molar-refractivity contribution in [2.24, 2.45) is 11.8 Å². The van der Waals surface area contributed by atoms with Gasteiger partial charge in [0.15, 0.2) is 0 Å². The molecule has 0 bridgehead atoms. The van der Waals surface area contributed by atoms with Gasteiger partial charge in [0, 0.05) is 11.8 Å². The standard InChI is InChI=1S/C11H20N2O2/c1-8(14)9-3-5-10(6-4-9)11(15)13-7-12-2/h9-10,12H,3-7H2,1-2H3,(H,13,15). The van der Waals surface area contributed by atoms with Crippen molar-refractivity contribution in [3.05, 3.63) is 0 Å². The molecule has 0 aromatic carbocycles. The van der Waals surface area contributed by atoms with Gasteiger partial charge in [0.2, 0.25) is 5.91 Å². The Morgan fingerprint density at radius 3 is 2.13 bits per heavy atom.